The molecule has 0 aromatic heterocycles. The lowest BCUT2D eigenvalue weighted by Gasteiger charge is -2.36. The zero-order valence-electron chi connectivity index (χ0n) is 16.1. The van der Waals surface area contributed by atoms with Gasteiger partial charge < -0.3 is 9.80 Å². The van der Waals surface area contributed by atoms with Crippen molar-refractivity contribution in [3.8, 4) is 11.1 Å². The predicted molar refractivity (Wildman–Crippen MR) is 111 cm³/mol. The quantitative estimate of drug-likeness (QED) is 0.697. The van der Waals surface area contributed by atoms with Gasteiger partial charge >= 0.3 is 0 Å². The number of rotatable bonds is 3. The van der Waals surface area contributed by atoms with E-state index in [1.54, 1.807) is 0 Å². The standard InChI is InChI=1S/C24H26N2O/c1-18-15-19(2)22-9-6-10-23(22)20(16-18)17-24(27)26-13-11-25(12-14-26)21-7-4-3-5-8-21/h3-10,15-16H,11-14,17H2,1-2H3. The third kappa shape index (κ3) is 3.68. The molecule has 3 aliphatic rings. The summed E-state index contributed by atoms with van der Waals surface area (Å²) in [6.45, 7) is 7.61. The van der Waals surface area contributed by atoms with Crippen LogP contribution >= 0.6 is 0 Å². The number of para-hydroxylation sites is 1. The van der Waals surface area contributed by atoms with Crippen LogP contribution in [0, 0.1) is 13.8 Å². The molecule has 3 nitrogen and oxygen atoms in total. The van der Waals surface area contributed by atoms with Crippen molar-refractivity contribution in [2.45, 2.75) is 20.3 Å². The molecule has 3 heteroatoms. The first-order valence-corrected chi connectivity index (χ1v) is 9.68. The van der Waals surface area contributed by atoms with Gasteiger partial charge in [-0.2, -0.15) is 0 Å². The zero-order chi connectivity index (χ0) is 18.8. The number of hydrogen-bond acceptors (Lipinski definition) is 2. The first-order valence-electron chi connectivity index (χ1n) is 9.68. The van der Waals surface area contributed by atoms with E-state index < -0.39 is 0 Å². The Kier molecular flexibility index (Phi) is 4.85. The highest BCUT2D eigenvalue weighted by molar-refractivity contribution is 5.83. The van der Waals surface area contributed by atoms with Gasteiger partial charge in [-0.3, -0.25) is 4.79 Å². The second-order valence-electron chi connectivity index (χ2n) is 7.47. The van der Waals surface area contributed by atoms with Crippen molar-refractivity contribution in [1.82, 2.24) is 4.90 Å². The molecule has 1 heterocycles. The van der Waals surface area contributed by atoms with E-state index in [0.29, 0.717) is 6.42 Å². The van der Waals surface area contributed by atoms with Crippen molar-refractivity contribution >= 4 is 11.6 Å². The van der Waals surface area contributed by atoms with Crippen LogP contribution in [0.25, 0.3) is 11.1 Å². The second-order valence-corrected chi connectivity index (χ2v) is 7.47. The van der Waals surface area contributed by atoms with Gasteiger partial charge in [-0.1, -0.05) is 54.1 Å². The highest BCUT2D eigenvalue weighted by atomic mass is 16.2. The van der Waals surface area contributed by atoms with E-state index in [1.807, 2.05) is 11.0 Å². The van der Waals surface area contributed by atoms with Gasteiger partial charge in [0.2, 0.25) is 5.91 Å². The van der Waals surface area contributed by atoms with E-state index in [0.717, 1.165) is 31.7 Å². The molecule has 0 bridgehead atoms. The van der Waals surface area contributed by atoms with Crippen LogP contribution in [0.4, 0.5) is 5.69 Å². The summed E-state index contributed by atoms with van der Waals surface area (Å²) in [5.41, 5.74) is 7.31. The van der Waals surface area contributed by atoms with Gasteiger partial charge in [0.05, 0.1) is 6.42 Å². The molecule has 4 rings (SSSR count). The van der Waals surface area contributed by atoms with Crippen LogP contribution in [-0.4, -0.2) is 37.0 Å². The van der Waals surface area contributed by atoms with Gasteiger partial charge in [-0.05, 0) is 48.2 Å². The van der Waals surface area contributed by atoms with Gasteiger partial charge in [-0.15, -0.1) is 0 Å². The number of benzene rings is 1. The summed E-state index contributed by atoms with van der Waals surface area (Å²) >= 11 is 0. The molecular weight excluding hydrogens is 332 g/mol. The molecule has 1 aliphatic heterocycles. The Bertz CT molecular complexity index is 911. The SMILES string of the molecule is Cc1cc(C)c2cccc-2c(CC(=O)N2CCN(c3ccccc3)CC2)c1. The number of piperazine rings is 1. The van der Waals surface area contributed by atoms with Gasteiger partial charge in [0.15, 0.2) is 0 Å². The highest BCUT2D eigenvalue weighted by Crippen LogP contribution is 2.30. The number of hydrogen-bond donors (Lipinski definition) is 0. The molecular formula is C24H26N2O. The summed E-state index contributed by atoms with van der Waals surface area (Å²) in [5.74, 6) is 0.230. The molecule has 0 saturated carbocycles. The Morgan fingerprint density at radius 1 is 0.852 bits per heavy atom. The normalized spacial score (nSPS) is 14.6. The van der Waals surface area contributed by atoms with Crippen LogP contribution < -0.4 is 4.90 Å². The molecule has 1 amide bonds. The molecule has 1 aromatic carbocycles. The minimum atomic E-state index is 0.230. The lowest BCUT2D eigenvalue weighted by atomic mass is 10.0. The highest BCUT2D eigenvalue weighted by Gasteiger charge is 2.22. The molecule has 2 aliphatic carbocycles. The van der Waals surface area contributed by atoms with Gasteiger partial charge in [0.1, 0.15) is 0 Å². The molecule has 0 radical (unpaired) electrons. The van der Waals surface area contributed by atoms with E-state index in [1.165, 1.54) is 27.9 Å². The third-order valence-electron chi connectivity index (χ3n) is 5.53. The smallest absolute Gasteiger partial charge is 0.227 e. The molecule has 0 N–H and O–H groups in total. The third-order valence-corrected chi connectivity index (χ3v) is 5.53. The summed E-state index contributed by atoms with van der Waals surface area (Å²) in [7, 11) is 0. The molecule has 0 spiro atoms. The van der Waals surface area contributed by atoms with E-state index in [-0.39, 0.29) is 5.91 Å². The minimum absolute atomic E-state index is 0.230. The minimum Gasteiger partial charge on any atom is -0.368 e. The summed E-state index contributed by atoms with van der Waals surface area (Å²) in [6, 6.07) is 21.2. The maximum atomic E-state index is 13.0. The lowest BCUT2D eigenvalue weighted by Crippen LogP contribution is -2.49. The largest absolute Gasteiger partial charge is 0.368 e. The van der Waals surface area contributed by atoms with Crippen LogP contribution in [-0.2, 0) is 11.2 Å². The van der Waals surface area contributed by atoms with Gasteiger partial charge in [-0.25, -0.2) is 0 Å². The van der Waals surface area contributed by atoms with Crippen molar-refractivity contribution in [2.75, 3.05) is 31.1 Å². The second kappa shape index (κ2) is 7.43. The Hall–Kier alpha value is -2.81. The van der Waals surface area contributed by atoms with Crippen molar-refractivity contribution in [2.24, 2.45) is 0 Å². The Morgan fingerprint density at radius 3 is 2.30 bits per heavy atom. The van der Waals surface area contributed by atoms with Crippen LogP contribution in [0.2, 0.25) is 0 Å². The lowest BCUT2D eigenvalue weighted by molar-refractivity contribution is -0.130. The summed E-state index contributed by atoms with van der Waals surface area (Å²) in [4.78, 5) is 17.4. The van der Waals surface area contributed by atoms with Crippen LogP contribution in [0.5, 0.6) is 0 Å². The molecule has 138 valence electrons. The fraction of sp³-hybridized carbons (Fsp3) is 0.292. The van der Waals surface area contributed by atoms with E-state index in [9.17, 15) is 4.79 Å². The molecule has 1 saturated heterocycles. The fourth-order valence-corrected chi connectivity index (χ4v) is 4.13. The average Bonchev–Trinajstić information content (AvgIpc) is 3.14. The molecule has 0 atom stereocenters. The number of fused-ring (bicyclic) bond motifs is 1. The maximum Gasteiger partial charge on any atom is 0.227 e. The van der Waals surface area contributed by atoms with Crippen molar-refractivity contribution < 1.29 is 4.79 Å². The van der Waals surface area contributed by atoms with Crippen LogP contribution in [0.15, 0.2) is 60.7 Å². The molecule has 1 fully saturated rings. The molecule has 1 aromatic rings. The van der Waals surface area contributed by atoms with Gasteiger partial charge in [0.25, 0.3) is 0 Å². The predicted octanol–water partition coefficient (Wildman–Crippen LogP) is 4.30. The van der Waals surface area contributed by atoms with Crippen molar-refractivity contribution in [3.05, 3.63) is 77.4 Å². The Labute approximate surface area is 161 Å². The molecule has 0 unspecified atom stereocenters. The summed E-state index contributed by atoms with van der Waals surface area (Å²) in [5, 5.41) is 0. The van der Waals surface area contributed by atoms with Gasteiger partial charge in [0, 0.05) is 31.9 Å². The maximum absolute atomic E-state index is 13.0. The summed E-state index contributed by atoms with van der Waals surface area (Å²) < 4.78 is 0. The zero-order valence-corrected chi connectivity index (χ0v) is 16.1. The van der Waals surface area contributed by atoms with E-state index in [2.05, 4.69) is 73.3 Å². The first kappa shape index (κ1) is 17.6. The average molecular weight is 358 g/mol. The number of aryl methyl sites for hydroxylation is 2. The number of amides is 1. The number of nitrogens with zero attached hydrogens (tertiary/aromatic N) is 2. The molecule has 27 heavy (non-hydrogen) atoms. The van der Waals surface area contributed by atoms with Crippen LogP contribution in [0.1, 0.15) is 16.7 Å². The number of carbonyl (C=O) groups is 1. The Morgan fingerprint density at radius 2 is 1.56 bits per heavy atom. The topological polar surface area (TPSA) is 23.6 Å². The monoisotopic (exact) mass is 358 g/mol. The van der Waals surface area contributed by atoms with E-state index >= 15 is 0 Å². The Balaban J connectivity index is 1.46. The summed E-state index contributed by atoms with van der Waals surface area (Å²) in [6.07, 6.45) is 0.473. The first-order chi connectivity index (χ1) is 13.1. The fourth-order valence-electron chi connectivity index (χ4n) is 4.13. The van der Waals surface area contributed by atoms with E-state index in [4.69, 9.17) is 0 Å². The number of anilines is 1. The van der Waals surface area contributed by atoms with Crippen molar-refractivity contribution in [1.29, 1.82) is 0 Å². The van der Waals surface area contributed by atoms with Crippen LogP contribution in [0.3, 0.4) is 0 Å². The number of carbonyl (C=O) groups excluding carboxylic acids is 1. The van der Waals surface area contributed by atoms with Crippen molar-refractivity contribution in [3.63, 3.8) is 0 Å².